The van der Waals surface area contributed by atoms with Crippen molar-refractivity contribution in [3.8, 4) is 0 Å². The summed E-state index contributed by atoms with van der Waals surface area (Å²) in [4.78, 5) is 21.3. The molecule has 0 radical (unpaired) electrons. The van der Waals surface area contributed by atoms with E-state index in [0.717, 1.165) is 9.32 Å². The summed E-state index contributed by atoms with van der Waals surface area (Å²) in [5.74, 6) is 0. The summed E-state index contributed by atoms with van der Waals surface area (Å²) in [5.41, 5.74) is 0.265. The minimum absolute atomic E-state index is 0.244. The number of hydrogen-bond donors (Lipinski definition) is 1. The fourth-order valence-electron chi connectivity index (χ4n) is 1.08. The molecule has 0 aliphatic heterocycles. The molecule has 0 saturated heterocycles. The zero-order valence-corrected chi connectivity index (χ0v) is 8.33. The molecule has 2 heterocycles. The van der Waals surface area contributed by atoms with Crippen LogP contribution in [0.2, 0.25) is 0 Å². The highest BCUT2D eigenvalue weighted by atomic mass is 79.9. The van der Waals surface area contributed by atoms with Crippen molar-refractivity contribution in [3.05, 3.63) is 27.1 Å². The number of rotatable bonds is 1. The number of pyridine rings is 1. The van der Waals surface area contributed by atoms with Crippen molar-refractivity contribution in [1.82, 2.24) is 14.9 Å². The van der Waals surface area contributed by atoms with E-state index in [2.05, 4.69) is 26.0 Å². The van der Waals surface area contributed by atoms with Crippen LogP contribution >= 0.6 is 15.9 Å². The van der Waals surface area contributed by atoms with Crippen LogP contribution in [0, 0.1) is 0 Å². The first-order valence-corrected chi connectivity index (χ1v) is 4.32. The van der Waals surface area contributed by atoms with Crippen LogP contribution in [0.3, 0.4) is 0 Å². The maximum absolute atomic E-state index is 11.5. The Bertz CT molecular complexity index is 502. The Balaban J connectivity index is 2.85. The number of nitrogens with one attached hydrogen (secondary N) is 1. The summed E-state index contributed by atoms with van der Waals surface area (Å²) in [6.07, 6.45) is 1.61. The normalized spacial score (nSPS) is 10.6. The van der Waals surface area contributed by atoms with E-state index in [-0.39, 0.29) is 5.56 Å². The smallest absolute Gasteiger partial charge is 0.311 e. The molecular weight excluding hydrogens is 238 g/mol. The Morgan fingerprint density at radius 2 is 2.46 bits per heavy atom. The number of aromatic amines is 1. The molecule has 0 aliphatic rings. The average Bonchev–Trinajstić information content (AvgIpc) is 2.44. The number of hydrogen-bond acceptors (Lipinski definition) is 3. The lowest BCUT2D eigenvalue weighted by Crippen LogP contribution is -2.21. The fraction of sp³-hybridized carbons (Fsp3) is 0.143. The van der Waals surface area contributed by atoms with E-state index in [9.17, 15) is 4.79 Å². The van der Waals surface area contributed by atoms with Gasteiger partial charge in [-0.15, -0.1) is 0 Å². The van der Waals surface area contributed by atoms with Gasteiger partial charge in [0.15, 0.2) is 5.65 Å². The van der Waals surface area contributed by atoms with E-state index in [0.29, 0.717) is 11.0 Å². The fourth-order valence-corrected chi connectivity index (χ4v) is 1.41. The second-order valence-corrected chi connectivity index (χ2v) is 3.36. The molecule has 6 heteroatoms. The van der Waals surface area contributed by atoms with Crippen LogP contribution < -0.4 is 10.4 Å². The van der Waals surface area contributed by atoms with Crippen LogP contribution in [0.25, 0.3) is 11.0 Å². The molecular formula is C7H6BrN3O2. The van der Waals surface area contributed by atoms with Crippen molar-refractivity contribution in [1.29, 1.82) is 0 Å². The highest BCUT2D eigenvalue weighted by molar-refractivity contribution is 9.10. The first kappa shape index (κ1) is 8.31. The van der Waals surface area contributed by atoms with E-state index in [1.807, 2.05) is 0 Å². The minimum atomic E-state index is -0.244. The van der Waals surface area contributed by atoms with Crippen LogP contribution in [-0.4, -0.2) is 22.0 Å². The minimum Gasteiger partial charge on any atom is -0.398 e. The number of nitrogens with zero attached hydrogens (tertiary/aromatic N) is 2. The first-order chi connectivity index (χ1) is 6.22. The van der Waals surface area contributed by atoms with Gasteiger partial charge in [-0.1, -0.05) is 4.85 Å². The molecule has 0 aliphatic carbocycles. The summed E-state index contributed by atoms with van der Waals surface area (Å²) < 4.78 is 0.763. The van der Waals surface area contributed by atoms with E-state index in [4.69, 9.17) is 4.84 Å². The molecule has 68 valence electrons. The van der Waals surface area contributed by atoms with Crippen molar-refractivity contribution in [2.45, 2.75) is 0 Å². The summed E-state index contributed by atoms with van der Waals surface area (Å²) in [6, 6.07) is 1.69. The van der Waals surface area contributed by atoms with E-state index < -0.39 is 0 Å². The van der Waals surface area contributed by atoms with Crippen molar-refractivity contribution < 1.29 is 4.84 Å². The monoisotopic (exact) mass is 243 g/mol. The maximum Gasteiger partial charge on any atom is 0.311 e. The quantitative estimate of drug-likeness (QED) is 0.796. The molecule has 0 amide bonds. The van der Waals surface area contributed by atoms with E-state index >= 15 is 0 Å². The second kappa shape index (κ2) is 2.88. The van der Waals surface area contributed by atoms with Gasteiger partial charge in [-0.25, -0.2) is 10.1 Å². The van der Waals surface area contributed by atoms with Gasteiger partial charge in [0.25, 0.3) is 0 Å². The van der Waals surface area contributed by atoms with Crippen molar-refractivity contribution in [2.75, 3.05) is 7.11 Å². The highest BCUT2D eigenvalue weighted by Crippen LogP contribution is 2.11. The topological polar surface area (TPSA) is 59.9 Å². The summed E-state index contributed by atoms with van der Waals surface area (Å²) in [7, 11) is 1.41. The van der Waals surface area contributed by atoms with Gasteiger partial charge < -0.3 is 4.84 Å². The van der Waals surface area contributed by atoms with Gasteiger partial charge in [-0.3, -0.25) is 4.79 Å². The Kier molecular flexibility index (Phi) is 1.84. The lowest BCUT2D eigenvalue weighted by Gasteiger charge is -1.92. The Morgan fingerprint density at radius 1 is 1.69 bits per heavy atom. The number of halogens is 1. The predicted molar refractivity (Wildman–Crippen MR) is 50.6 cm³/mol. The summed E-state index contributed by atoms with van der Waals surface area (Å²) in [5, 5.41) is 3.19. The lowest BCUT2D eigenvalue weighted by atomic mass is 10.4. The second-order valence-electron chi connectivity index (χ2n) is 2.44. The van der Waals surface area contributed by atoms with Crippen molar-refractivity contribution >= 4 is 27.0 Å². The van der Waals surface area contributed by atoms with Gasteiger partial charge in [-0.05, 0) is 22.0 Å². The maximum atomic E-state index is 11.5. The standard InChI is InChI=1S/C7H6BrN3O2/c1-13-11-7(12)5-2-4(8)3-9-6(5)10-11/h2-3H,1H3,(H,9,10). The van der Waals surface area contributed by atoms with Gasteiger partial charge in [0.05, 0.1) is 5.39 Å². The number of fused-ring (bicyclic) bond motifs is 1. The molecule has 0 spiro atoms. The van der Waals surface area contributed by atoms with Gasteiger partial charge in [0.1, 0.15) is 7.11 Å². The van der Waals surface area contributed by atoms with Crippen molar-refractivity contribution in [3.63, 3.8) is 0 Å². The van der Waals surface area contributed by atoms with Gasteiger partial charge >= 0.3 is 5.56 Å². The van der Waals surface area contributed by atoms with E-state index in [1.165, 1.54) is 7.11 Å². The lowest BCUT2D eigenvalue weighted by molar-refractivity contribution is 0.128. The molecule has 13 heavy (non-hydrogen) atoms. The molecule has 0 atom stereocenters. The molecule has 0 saturated carbocycles. The first-order valence-electron chi connectivity index (χ1n) is 3.53. The zero-order valence-electron chi connectivity index (χ0n) is 6.74. The van der Waals surface area contributed by atoms with Crippen LogP contribution in [0.15, 0.2) is 21.5 Å². The average molecular weight is 244 g/mol. The largest absolute Gasteiger partial charge is 0.398 e. The molecule has 0 aromatic carbocycles. The molecule has 0 unspecified atom stereocenters. The van der Waals surface area contributed by atoms with Gasteiger partial charge in [0, 0.05) is 10.7 Å². The predicted octanol–water partition coefficient (Wildman–Crippen LogP) is 0.545. The molecule has 0 bridgehead atoms. The number of H-pyrrole nitrogens is 1. The highest BCUT2D eigenvalue weighted by Gasteiger charge is 2.07. The van der Waals surface area contributed by atoms with Gasteiger partial charge in [-0.2, -0.15) is 0 Å². The molecule has 2 aromatic rings. The molecule has 1 N–H and O–H groups in total. The molecule has 5 nitrogen and oxygen atoms in total. The Morgan fingerprint density at radius 3 is 3.15 bits per heavy atom. The molecule has 2 aromatic heterocycles. The van der Waals surface area contributed by atoms with Crippen LogP contribution in [-0.2, 0) is 0 Å². The van der Waals surface area contributed by atoms with Crippen LogP contribution in [0.1, 0.15) is 0 Å². The summed E-state index contributed by atoms with van der Waals surface area (Å²) >= 11 is 3.23. The van der Waals surface area contributed by atoms with Crippen molar-refractivity contribution in [2.24, 2.45) is 0 Å². The summed E-state index contributed by atoms with van der Waals surface area (Å²) in [6.45, 7) is 0. The third-order valence-corrected chi connectivity index (χ3v) is 2.09. The zero-order chi connectivity index (χ0) is 9.42. The third kappa shape index (κ3) is 1.23. The molecule has 2 rings (SSSR count). The Labute approximate surface area is 81.4 Å². The Hall–Kier alpha value is -1.30. The van der Waals surface area contributed by atoms with E-state index in [1.54, 1.807) is 12.3 Å². The third-order valence-electron chi connectivity index (χ3n) is 1.66. The number of aromatic nitrogens is 3. The SMILES string of the molecule is COn1[nH]c2ncc(Br)cc2c1=O. The molecule has 0 fully saturated rings. The van der Waals surface area contributed by atoms with Crippen LogP contribution in [0.5, 0.6) is 0 Å². The van der Waals surface area contributed by atoms with Gasteiger partial charge in [0.2, 0.25) is 0 Å². The van der Waals surface area contributed by atoms with Crippen LogP contribution in [0.4, 0.5) is 0 Å².